The number of aliphatic hydroxyl groups is 4. The first-order chi connectivity index (χ1) is 12.5. The monoisotopic (exact) mass is 366 g/mol. The number of ether oxygens (including phenoxy) is 2. The van der Waals surface area contributed by atoms with E-state index in [0.29, 0.717) is 24.5 Å². The number of aromatic nitrogens is 4. The largest absolute Gasteiger partial charge is 0.462 e. The molecule has 0 amide bonds. The molecular weight excluding hydrogens is 344 g/mol. The summed E-state index contributed by atoms with van der Waals surface area (Å²) >= 11 is 0. The molecule has 0 saturated carbocycles. The van der Waals surface area contributed by atoms with Crippen LogP contribution in [-0.4, -0.2) is 77.9 Å². The van der Waals surface area contributed by atoms with Gasteiger partial charge in [0.05, 0.1) is 13.2 Å². The summed E-state index contributed by atoms with van der Waals surface area (Å²) in [5.41, 5.74) is 0.946. The maximum Gasteiger partial charge on any atom is 0.229 e. The lowest BCUT2D eigenvalue weighted by molar-refractivity contribution is -0.277. The normalized spacial score (nSPS) is 28.9. The van der Waals surface area contributed by atoms with Gasteiger partial charge in [0.1, 0.15) is 30.2 Å². The van der Waals surface area contributed by atoms with Crippen LogP contribution in [0.15, 0.2) is 24.3 Å². The van der Waals surface area contributed by atoms with Gasteiger partial charge in [0.25, 0.3) is 0 Å². The van der Waals surface area contributed by atoms with Gasteiger partial charge in [-0.2, -0.15) is 4.80 Å². The minimum atomic E-state index is -1.47. The van der Waals surface area contributed by atoms with Crippen molar-refractivity contribution in [2.45, 2.75) is 50.6 Å². The first-order valence-electron chi connectivity index (χ1n) is 8.34. The number of hydrogen-bond donors (Lipinski definition) is 4. The first kappa shape index (κ1) is 18.7. The van der Waals surface area contributed by atoms with Crippen molar-refractivity contribution >= 4 is 0 Å². The van der Waals surface area contributed by atoms with Crippen LogP contribution >= 0.6 is 0 Å². The van der Waals surface area contributed by atoms with Crippen molar-refractivity contribution in [3.8, 4) is 5.75 Å². The standard InChI is InChI=1S/C16H22N4O6/c1-2-20-18-12(17-19-20)7-9-3-5-10(6-4-9)25-16-15(24)14(23)13(22)11(8-21)26-16/h3-6,11,13-16,21-24H,2,7-8H2,1H3. The molecule has 1 aromatic heterocycles. The molecule has 0 radical (unpaired) electrons. The third-order valence-electron chi connectivity index (χ3n) is 4.16. The summed E-state index contributed by atoms with van der Waals surface area (Å²) in [6.45, 7) is 2.07. The van der Waals surface area contributed by atoms with E-state index in [0.717, 1.165) is 5.56 Å². The molecule has 142 valence electrons. The van der Waals surface area contributed by atoms with Crippen molar-refractivity contribution in [3.05, 3.63) is 35.7 Å². The van der Waals surface area contributed by atoms with Crippen LogP contribution in [0.25, 0.3) is 0 Å². The Morgan fingerprint density at radius 3 is 2.46 bits per heavy atom. The topological polar surface area (TPSA) is 143 Å². The third-order valence-corrected chi connectivity index (χ3v) is 4.16. The molecule has 0 aliphatic carbocycles. The fourth-order valence-electron chi connectivity index (χ4n) is 2.65. The van der Waals surface area contributed by atoms with Crippen LogP contribution in [-0.2, 0) is 17.7 Å². The van der Waals surface area contributed by atoms with Crippen molar-refractivity contribution < 1.29 is 29.9 Å². The molecule has 2 aromatic rings. The number of tetrazole rings is 1. The molecule has 1 aliphatic heterocycles. The maximum absolute atomic E-state index is 9.99. The second-order valence-corrected chi connectivity index (χ2v) is 6.03. The van der Waals surface area contributed by atoms with Crippen molar-refractivity contribution in [2.75, 3.05) is 6.61 Å². The summed E-state index contributed by atoms with van der Waals surface area (Å²) in [6.07, 6.45) is -6.03. The van der Waals surface area contributed by atoms with E-state index in [2.05, 4.69) is 15.4 Å². The molecule has 4 N–H and O–H groups in total. The molecule has 0 bridgehead atoms. The number of rotatable bonds is 6. The van der Waals surface area contributed by atoms with Crippen LogP contribution in [0.4, 0.5) is 0 Å². The fraction of sp³-hybridized carbons (Fsp3) is 0.562. The second-order valence-electron chi connectivity index (χ2n) is 6.03. The summed E-state index contributed by atoms with van der Waals surface area (Å²) in [5.74, 6) is 1.01. The van der Waals surface area contributed by atoms with Crippen LogP contribution < -0.4 is 4.74 Å². The Kier molecular flexibility index (Phi) is 5.79. The van der Waals surface area contributed by atoms with Gasteiger partial charge in [0.2, 0.25) is 6.29 Å². The Labute approximate surface area is 149 Å². The molecule has 10 heteroatoms. The van der Waals surface area contributed by atoms with Crippen molar-refractivity contribution in [1.29, 1.82) is 0 Å². The molecular formula is C16H22N4O6. The van der Waals surface area contributed by atoms with E-state index in [1.54, 1.807) is 12.1 Å². The summed E-state index contributed by atoms with van der Waals surface area (Å²) in [5, 5.41) is 50.8. The van der Waals surface area contributed by atoms with Gasteiger partial charge in [-0.25, -0.2) is 0 Å². The van der Waals surface area contributed by atoms with E-state index in [1.807, 2.05) is 19.1 Å². The van der Waals surface area contributed by atoms with Gasteiger partial charge in [-0.3, -0.25) is 0 Å². The lowest BCUT2D eigenvalue weighted by atomic mass is 9.99. The van der Waals surface area contributed by atoms with E-state index >= 15 is 0 Å². The number of hydrogen-bond acceptors (Lipinski definition) is 9. The zero-order valence-corrected chi connectivity index (χ0v) is 14.2. The van der Waals surface area contributed by atoms with Crippen molar-refractivity contribution in [3.63, 3.8) is 0 Å². The quantitative estimate of drug-likeness (QED) is 0.478. The molecule has 2 heterocycles. The van der Waals surface area contributed by atoms with Gasteiger partial charge >= 0.3 is 0 Å². The molecule has 0 spiro atoms. The molecule has 10 nitrogen and oxygen atoms in total. The first-order valence-corrected chi connectivity index (χ1v) is 8.34. The predicted molar refractivity (Wildman–Crippen MR) is 87.1 cm³/mol. The highest BCUT2D eigenvalue weighted by molar-refractivity contribution is 5.29. The number of aryl methyl sites for hydroxylation is 1. The minimum absolute atomic E-state index is 0.406. The van der Waals surface area contributed by atoms with Crippen LogP contribution in [0.2, 0.25) is 0 Å². The summed E-state index contributed by atoms with van der Waals surface area (Å²) in [7, 11) is 0. The number of benzene rings is 1. The number of aliphatic hydroxyl groups excluding tert-OH is 4. The zero-order valence-electron chi connectivity index (χ0n) is 14.2. The molecule has 26 heavy (non-hydrogen) atoms. The summed E-state index contributed by atoms with van der Waals surface area (Å²) in [4.78, 5) is 1.51. The second kappa shape index (κ2) is 8.06. The van der Waals surface area contributed by atoms with E-state index in [4.69, 9.17) is 9.47 Å². The zero-order chi connectivity index (χ0) is 18.7. The van der Waals surface area contributed by atoms with Crippen LogP contribution in [0.3, 0.4) is 0 Å². The Morgan fingerprint density at radius 1 is 1.12 bits per heavy atom. The SMILES string of the molecule is CCn1nnc(Cc2ccc(OC3OC(CO)C(O)C(O)C3O)cc2)n1. The van der Waals surface area contributed by atoms with E-state index in [-0.39, 0.29) is 0 Å². The van der Waals surface area contributed by atoms with Gasteiger partial charge < -0.3 is 29.9 Å². The number of nitrogens with zero attached hydrogens (tertiary/aromatic N) is 4. The average Bonchev–Trinajstić information content (AvgIpc) is 3.11. The van der Waals surface area contributed by atoms with Gasteiger partial charge in [-0.1, -0.05) is 12.1 Å². The van der Waals surface area contributed by atoms with E-state index in [9.17, 15) is 20.4 Å². The highest BCUT2D eigenvalue weighted by atomic mass is 16.7. The average molecular weight is 366 g/mol. The predicted octanol–water partition coefficient (Wildman–Crippen LogP) is -1.54. The summed E-state index contributed by atoms with van der Waals surface area (Å²) in [6, 6.07) is 6.99. The third kappa shape index (κ3) is 4.00. The molecule has 1 aliphatic rings. The Hall–Kier alpha value is -2.11. The van der Waals surface area contributed by atoms with Gasteiger partial charge in [0.15, 0.2) is 5.82 Å². The van der Waals surface area contributed by atoms with E-state index < -0.39 is 37.3 Å². The smallest absolute Gasteiger partial charge is 0.229 e. The van der Waals surface area contributed by atoms with E-state index in [1.165, 1.54) is 4.80 Å². The van der Waals surface area contributed by atoms with Gasteiger partial charge in [-0.05, 0) is 29.8 Å². The molecule has 5 atom stereocenters. The van der Waals surface area contributed by atoms with Crippen molar-refractivity contribution in [2.24, 2.45) is 0 Å². The maximum atomic E-state index is 9.99. The molecule has 1 saturated heterocycles. The van der Waals surface area contributed by atoms with Crippen molar-refractivity contribution in [1.82, 2.24) is 20.2 Å². The van der Waals surface area contributed by atoms with Gasteiger partial charge in [-0.15, -0.1) is 10.2 Å². The minimum Gasteiger partial charge on any atom is -0.462 e. The highest BCUT2D eigenvalue weighted by Crippen LogP contribution is 2.24. The lowest BCUT2D eigenvalue weighted by Crippen LogP contribution is -2.60. The molecule has 1 fully saturated rings. The highest BCUT2D eigenvalue weighted by Gasteiger charge is 2.44. The Bertz CT molecular complexity index is 707. The lowest BCUT2D eigenvalue weighted by Gasteiger charge is -2.39. The van der Waals surface area contributed by atoms with Crippen LogP contribution in [0, 0.1) is 0 Å². The molecule has 5 unspecified atom stereocenters. The fourth-order valence-corrected chi connectivity index (χ4v) is 2.65. The van der Waals surface area contributed by atoms with Crippen LogP contribution in [0.5, 0.6) is 5.75 Å². The van der Waals surface area contributed by atoms with Crippen LogP contribution in [0.1, 0.15) is 18.3 Å². The molecule has 3 rings (SSSR count). The van der Waals surface area contributed by atoms with Gasteiger partial charge in [0, 0.05) is 6.42 Å². The Morgan fingerprint density at radius 2 is 1.85 bits per heavy atom. The summed E-state index contributed by atoms with van der Waals surface area (Å²) < 4.78 is 10.9. The Balaban J connectivity index is 1.63. The molecule has 1 aromatic carbocycles.